The minimum atomic E-state index is 1.00. The molecule has 3 aliphatic heterocycles. The van der Waals surface area contributed by atoms with Gasteiger partial charge in [-0.15, -0.1) is 0 Å². The van der Waals surface area contributed by atoms with Crippen molar-refractivity contribution in [3.63, 3.8) is 0 Å². The van der Waals surface area contributed by atoms with Gasteiger partial charge in [-0.3, -0.25) is 0 Å². The Balaban J connectivity index is 0.000000212. The standard InChI is InChI=1S/C9H15B3.3C5H10O/c1-2-3-4-5-6-9-7-8-10-12-11-9;3*1-2-4-6-5-3-1/h7-8H,2-6H2,1H3;3*1-5H2. The molecule has 0 saturated carbocycles. The van der Waals surface area contributed by atoms with E-state index in [-0.39, 0.29) is 0 Å². The SMILES string of the molecule is C1CCOCC1.C1CCOCC1.C1CCOCC1.CCCCCCc1bbbcc1. The molecule has 3 aliphatic rings. The molecule has 30 heavy (non-hydrogen) atoms. The molecule has 168 valence electrons. The average molecular weight is 414 g/mol. The Kier molecular flexibility index (Phi) is 21.6. The quantitative estimate of drug-likeness (QED) is 0.606. The molecule has 3 fully saturated rings. The fraction of sp³-hybridized carbons (Fsp3) is 0.875. The van der Waals surface area contributed by atoms with Crippen LogP contribution in [0.2, 0.25) is 0 Å². The molecule has 0 unspecified atom stereocenters. The van der Waals surface area contributed by atoms with Gasteiger partial charge in [0.25, 0.3) is 0 Å². The summed E-state index contributed by atoms with van der Waals surface area (Å²) in [7, 11) is 0. The van der Waals surface area contributed by atoms with Crippen LogP contribution in [0.25, 0.3) is 0 Å². The number of ether oxygens (including phenoxy) is 3. The predicted molar refractivity (Wildman–Crippen MR) is 132 cm³/mol. The molecule has 0 amide bonds. The summed E-state index contributed by atoms with van der Waals surface area (Å²) in [6.07, 6.45) is 18.5. The summed E-state index contributed by atoms with van der Waals surface area (Å²) in [6, 6.07) is 2.21. The van der Waals surface area contributed by atoms with E-state index in [9.17, 15) is 0 Å². The van der Waals surface area contributed by atoms with E-state index in [0.717, 1.165) is 39.6 Å². The van der Waals surface area contributed by atoms with Crippen molar-refractivity contribution in [1.29, 1.82) is 0 Å². The van der Waals surface area contributed by atoms with Gasteiger partial charge in [0.2, 0.25) is 0 Å². The Morgan fingerprint density at radius 1 is 0.667 bits per heavy atom. The van der Waals surface area contributed by atoms with Crippen LogP contribution in [0.5, 0.6) is 0 Å². The van der Waals surface area contributed by atoms with Gasteiger partial charge in [-0.05, 0) is 57.8 Å². The molecule has 1 aromatic rings. The normalized spacial score (nSPS) is 18.0. The molecule has 3 nitrogen and oxygen atoms in total. The number of unbranched alkanes of at least 4 members (excludes halogenated alkanes) is 3. The van der Waals surface area contributed by atoms with Crippen LogP contribution in [0.4, 0.5) is 0 Å². The van der Waals surface area contributed by atoms with E-state index in [1.165, 1.54) is 95.4 Å². The Morgan fingerprint density at radius 3 is 1.47 bits per heavy atom. The van der Waals surface area contributed by atoms with Crippen molar-refractivity contribution in [3.8, 4) is 0 Å². The van der Waals surface area contributed by atoms with Gasteiger partial charge in [-0.2, -0.15) is 0 Å². The van der Waals surface area contributed by atoms with Crippen molar-refractivity contribution in [2.75, 3.05) is 39.6 Å². The summed E-state index contributed by atoms with van der Waals surface area (Å²) in [4.78, 5) is 0. The molecular weight excluding hydrogens is 369 g/mol. The molecular formula is C24H45B3O3. The van der Waals surface area contributed by atoms with E-state index in [2.05, 4.69) is 39.2 Å². The first-order valence-electron chi connectivity index (χ1n) is 12.7. The first-order valence-corrected chi connectivity index (χ1v) is 12.7. The van der Waals surface area contributed by atoms with Crippen LogP contribution in [-0.2, 0) is 20.6 Å². The van der Waals surface area contributed by atoms with Crippen molar-refractivity contribution >= 4 is 20.3 Å². The number of hydrogen-bond acceptors (Lipinski definition) is 3. The van der Waals surface area contributed by atoms with Crippen molar-refractivity contribution in [1.82, 2.24) is 0 Å². The number of rotatable bonds is 5. The second-order valence-corrected chi connectivity index (χ2v) is 8.32. The topological polar surface area (TPSA) is 27.7 Å². The van der Waals surface area contributed by atoms with Crippen molar-refractivity contribution in [2.45, 2.75) is 96.8 Å². The molecule has 0 aromatic carbocycles. The molecule has 4 heterocycles. The maximum absolute atomic E-state index is 5.07. The summed E-state index contributed by atoms with van der Waals surface area (Å²) in [5.74, 6) is 2.12. The molecule has 0 N–H and O–H groups in total. The van der Waals surface area contributed by atoms with Crippen molar-refractivity contribution in [3.05, 3.63) is 17.5 Å². The molecule has 0 bridgehead atoms. The van der Waals surface area contributed by atoms with Gasteiger partial charge in [-0.1, -0.05) is 0 Å². The summed E-state index contributed by atoms with van der Waals surface area (Å²) in [5.41, 5.74) is 1.48. The predicted octanol–water partition coefficient (Wildman–Crippen LogP) is 5.38. The molecule has 1 aromatic heterocycles. The van der Waals surface area contributed by atoms with E-state index in [4.69, 9.17) is 14.2 Å². The third-order valence-electron chi connectivity index (χ3n) is 5.39. The summed E-state index contributed by atoms with van der Waals surface area (Å²) >= 11 is 0. The fourth-order valence-electron chi connectivity index (χ4n) is 3.46. The van der Waals surface area contributed by atoms with E-state index in [1.807, 2.05) is 0 Å². The molecule has 0 radical (unpaired) electrons. The Morgan fingerprint density at radius 2 is 1.17 bits per heavy atom. The van der Waals surface area contributed by atoms with Gasteiger partial charge in [0, 0.05) is 39.6 Å². The van der Waals surface area contributed by atoms with Gasteiger partial charge in [0.15, 0.2) is 0 Å². The van der Waals surface area contributed by atoms with Gasteiger partial charge in [0.1, 0.15) is 0 Å². The Hall–Kier alpha value is -0.315. The summed E-state index contributed by atoms with van der Waals surface area (Å²) in [6.45, 7) is 14.7. The van der Waals surface area contributed by atoms with Crippen LogP contribution in [0.3, 0.4) is 0 Å². The van der Waals surface area contributed by atoms with E-state index >= 15 is 0 Å². The van der Waals surface area contributed by atoms with Crippen LogP contribution in [0.1, 0.15) is 95.9 Å². The van der Waals surface area contributed by atoms with Gasteiger partial charge in [0.05, 0.1) is 0 Å². The Bertz CT molecular complexity index is 374. The Labute approximate surface area is 188 Å². The van der Waals surface area contributed by atoms with E-state index < -0.39 is 0 Å². The van der Waals surface area contributed by atoms with Crippen LogP contribution in [0, 0.1) is 0 Å². The third kappa shape index (κ3) is 19.6. The summed E-state index contributed by atoms with van der Waals surface area (Å²) in [5, 5.41) is 0. The zero-order valence-corrected chi connectivity index (χ0v) is 19.8. The second-order valence-electron chi connectivity index (χ2n) is 8.32. The van der Waals surface area contributed by atoms with Gasteiger partial charge < -0.3 is 14.2 Å². The molecule has 0 spiro atoms. The number of aryl methyl sites for hydroxylation is 1. The molecule has 0 aliphatic carbocycles. The third-order valence-corrected chi connectivity index (χ3v) is 5.39. The first-order chi connectivity index (χ1) is 14.9. The van der Waals surface area contributed by atoms with Crippen LogP contribution in [0.15, 0.2) is 12.0 Å². The number of hydrogen-bond donors (Lipinski definition) is 0. The van der Waals surface area contributed by atoms with Crippen molar-refractivity contribution in [2.24, 2.45) is 0 Å². The van der Waals surface area contributed by atoms with Crippen LogP contribution in [-0.4, -0.2) is 59.9 Å². The zero-order chi connectivity index (χ0) is 21.4. The molecule has 3 saturated heterocycles. The second kappa shape index (κ2) is 23.4. The summed E-state index contributed by atoms with van der Waals surface area (Å²) < 4.78 is 15.2. The maximum atomic E-state index is 5.07. The van der Waals surface area contributed by atoms with Gasteiger partial charge >= 0.3 is 76.8 Å². The first kappa shape index (κ1) is 27.7. The van der Waals surface area contributed by atoms with Gasteiger partial charge in [-0.25, -0.2) is 0 Å². The molecule has 0 atom stereocenters. The monoisotopic (exact) mass is 414 g/mol. The van der Waals surface area contributed by atoms with E-state index in [1.54, 1.807) is 0 Å². The van der Waals surface area contributed by atoms with Crippen LogP contribution < -0.4 is 0 Å². The van der Waals surface area contributed by atoms with Crippen molar-refractivity contribution < 1.29 is 14.2 Å². The van der Waals surface area contributed by atoms with Crippen LogP contribution >= 0.6 is 0 Å². The molecule has 6 heteroatoms. The zero-order valence-electron chi connectivity index (χ0n) is 19.8. The molecule has 4 rings (SSSR count). The average Bonchev–Trinajstić information content (AvgIpc) is 2.87. The minimum absolute atomic E-state index is 1.00. The van der Waals surface area contributed by atoms with E-state index in [0.29, 0.717) is 0 Å². The fourth-order valence-corrected chi connectivity index (χ4v) is 3.46.